The molecular weight excluding hydrogens is 362 g/mol. The Morgan fingerprint density at radius 1 is 1.04 bits per heavy atom. The van der Waals surface area contributed by atoms with E-state index < -0.39 is 17.8 Å². The van der Waals surface area contributed by atoms with E-state index >= 15 is 0 Å². The summed E-state index contributed by atoms with van der Waals surface area (Å²) in [5.74, 6) is 0. The Bertz CT molecular complexity index is 578. The monoisotopic (exact) mass is 395 g/mol. The van der Waals surface area contributed by atoms with Crippen molar-refractivity contribution < 1.29 is 28.5 Å². The van der Waals surface area contributed by atoms with E-state index in [1.165, 1.54) is 4.90 Å². The van der Waals surface area contributed by atoms with Gasteiger partial charge in [0.1, 0.15) is 6.61 Å². The Labute approximate surface area is 167 Å². The molecule has 0 atom stereocenters. The van der Waals surface area contributed by atoms with Crippen molar-refractivity contribution in [1.29, 1.82) is 0 Å². The van der Waals surface area contributed by atoms with Crippen LogP contribution in [0.25, 0.3) is 0 Å². The lowest BCUT2D eigenvalue weighted by Crippen LogP contribution is -2.47. The third-order valence-corrected chi connectivity index (χ3v) is 3.93. The molecule has 28 heavy (non-hydrogen) atoms. The molecule has 0 aliphatic rings. The number of carbonyl (C=O) groups excluding carboxylic acids is 2. The van der Waals surface area contributed by atoms with Crippen LogP contribution >= 0.6 is 0 Å². The van der Waals surface area contributed by atoms with Gasteiger partial charge in [-0.2, -0.15) is 0 Å². The number of rotatable bonds is 10. The van der Waals surface area contributed by atoms with E-state index in [4.69, 9.17) is 18.9 Å². The summed E-state index contributed by atoms with van der Waals surface area (Å²) in [7, 11) is 0. The van der Waals surface area contributed by atoms with Crippen LogP contribution in [0.3, 0.4) is 0 Å². The highest BCUT2D eigenvalue weighted by atomic mass is 16.7. The average molecular weight is 395 g/mol. The molecule has 0 spiro atoms. The van der Waals surface area contributed by atoms with E-state index in [0.29, 0.717) is 32.6 Å². The first-order chi connectivity index (χ1) is 13.3. The van der Waals surface area contributed by atoms with Gasteiger partial charge >= 0.3 is 12.2 Å². The lowest BCUT2D eigenvalue weighted by atomic mass is 10.1. The molecule has 7 heteroatoms. The van der Waals surface area contributed by atoms with Gasteiger partial charge in [-0.1, -0.05) is 30.3 Å². The Kier molecular flexibility index (Phi) is 10.6. The summed E-state index contributed by atoms with van der Waals surface area (Å²) in [6, 6.07) is 9.20. The van der Waals surface area contributed by atoms with Crippen LogP contribution in [-0.2, 0) is 25.6 Å². The average Bonchev–Trinajstić information content (AvgIpc) is 2.63. The molecule has 0 saturated heterocycles. The van der Waals surface area contributed by atoms with E-state index in [2.05, 4.69) is 0 Å². The molecule has 0 aliphatic heterocycles. The standard InChI is InChI=1S/C21H33NO6/c1-6-25-18(26-7-2)14-11-15-22(21(3,4)5)19(23)28-20(24)27-16-17-12-9-8-10-13-17/h8-10,12-13,18H,6-7,11,14-16H2,1-5H3. The van der Waals surface area contributed by atoms with Crippen molar-refractivity contribution in [3.63, 3.8) is 0 Å². The molecule has 0 heterocycles. The fraction of sp³-hybridized carbons (Fsp3) is 0.619. The molecule has 158 valence electrons. The van der Waals surface area contributed by atoms with Crippen LogP contribution in [0.2, 0.25) is 0 Å². The Balaban J connectivity index is 2.53. The van der Waals surface area contributed by atoms with Crippen molar-refractivity contribution in [3.8, 4) is 0 Å². The number of benzene rings is 1. The van der Waals surface area contributed by atoms with Crippen LogP contribution in [0.5, 0.6) is 0 Å². The first-order valence-corrected chi connectivity index (χ1v) is 9.71. The third-order valence-electron chi connectivity index (χ3n) is 3.93. The van der Waals surface area contributed by atoms with E-state index in [1.807, 2.05) is 65.0 Å². The summed E-state index contributed by atoms with van der Waals surface area (Å²) in [6.45, 7) is 11.0. The Morgan fingerprint density at radius 2 is 1.64 bits per heavy atom. The molecule has 0 aromatic heterocycles. The summed E-state index contributed by atoms with van der Waals surface area (Å²) in [6.07, 6.45) is -0.751. The zero-order valence-electron chi connectivity index (χ0n) is 17.6. The number of amides is 1. The third kappa shape index (κ3) is 9.19. The number of hydrogen-bond donors (Lipinski definition) is 0. The second kappa shape index (κ2) is 12.4. The Hall–Kier alpha value is -2.12. The van der Waals surface area contributed by atoms with Gasteiger partial charge in [0, 0.05) is 31.7 Å². The molecule has 0 aliphatic carbocycles. The van der Waals surface area contributed by atoms with Gasteiger partial charge in [0.25, 0.3) is 0 Å². The van der Waals surface area contributed by atoms with E-state index in [0.717, 1.165) is 5.56 Å². The maximum Gasteiger partial charge on any atom is 0.517 e. The minimum absolute atomic E-state index is 0.0485. The largest absolute Gasteiger partial charge is 0.517 e. The SMILES string of the molecule is CCOC(CCCN(C(=O)OC(=O)OCc1ccccc1)C(C)(C)C)OCC. The smallest absolute Gasteiger partial charge is 0.429 e. The number of hydrogen-bond acceptors (Lipinski definition) is 6. The van der Waals surface area contributed by atoms with Crippen LogP contribution in [0.4, 0.5) is 9.59 Å². The van der Waals surface area contributed by atoms with Crippen LogP contribution in [0.1, 0.15) is 53.0 Å². The first-order valence-electron chi connectivity index (χ1n) is 9.71. The van der Waals surface area contributed by atoms with Crippen LogP contribution in [-0.4, -0.2) is 48.7 Å². The fourth-order valence-corrected chi connectivity index (χ4v) is 2.58. The van der Waals surface area contributed by atoms with E-state index in [9.17, 15) is 9.59 Å². The van der Waals surface area contributed by atoms with Crippen molar-refractivity contribution in [2.75, 3.05) is 19.8 Å². The second-order valence-corrected chi connectivity index (χ2v) is 7.20. The molecule has 0 saturated carbocycles. The van der Waals surface area contributed by atoms with E-state index in [-0.39, 0.29) is 12.9 Å². The van der Waals surface area contributed by atoms with Crippen molar-refractivity contribution in [2.45, 2.75) is 65.9 Å². The molecule has 7 nitrogen and oxygen atoms in total. The number of nitrogens with zero attached hydrogens (tertiary/aromatic N) is 1. The maximum atomic E-state index is 12.5. The molecule has 1 amide bonds. The van der Waals surface area contributed by atoms with Crippen LogP contribution in [0.15, 0.2) is 30.3 Å². The summed E-state index contributed by atoms with van der Waals surface area (Å²) in [5, 5.41) is 0. The molecule has 0 fully saturated rings. The number of carbonyl (C=O) groups is 2. The predicted octanol–water partition coefficient (Wildman–Crippen LogP) is 4.74. The zero-order valence-corrected chi connectivity index (χ0v) is 17.6. The normalized spacial score (nSPS) is 11.4. The highest BCUT2D eigenvalue weighted by molar-refractivity contribution is 5.81. The summed E-state index contributed by atoms with van der Waals surface area (Å²) in [4.78, 5) is 25.9. The topological polar surface area (TPSA) is 74.3 Å². The minimum atomic E-state index is -1.01. The van der Waals surface area contributed by atoms with Crippen LogP contribution < -0.4 is 0 Å². The zero-order chi connectivity index (χ0) is 21.0. The van der Waals surface area contributed by atoms with Gasteiger partial charge < -0.3 is 23.8 Å². The molecule has 1 aromatic carbocycles. The second-order valence-electron chi connectivity index (χ2n) is 7.20. The maximum absolute atomic E-state index is 12.5. The highest BCUT2D eigenvalue weighted by Crippen LogP contribution is 2.17. The summed E-state index contributed by atoms with van der Waals surface area (Å²) >= 11 is 0. The van der Waals surface area contributed by atoms with Gasteiger partial charge in [-0.25, -0.2) is 9.59 Å². The van der Waals surface area contributed by atoms with Gasteiger partial charge in [0.2, 0.25) is 0 Å². The first kappa shape index (κ1) is 23.9. The van der Waals surface area contributed by atoms with Gasteiger partial charge in [-0.3, -0.25) is 0 Å². The van der Waals surface area contributed by atoms with Crippen molar-refractivity contribution in [2.24, 2.45) is 0 Å². The lowest BCUT2D eigenvalue weighted by molar-refractivity contribution is -0.140. The summed E-state index contributed by atoms with van der Waals surface area (Å²) < 4.78 is 20.9. The van der Waals surface area contributed by atoms with E-state index in [1.54, 1.807) is 0 Å². The van der Waals surface area contributed by atoms with Crippen molar-refractivity contribution in [1.82, 2.24) is 4.90 Å². The van der Waals surface area contributed by atoms with Gasteiger partial charge in [-0.05, 0) is 46.6 Å². The molecule has 0 N–H and O–H groups in total. The lowest BCUT2D eigenvalue weighted by Gasteiger charge is -2.34. The molecule has 0 bridgehead atoms. The highest BCUT2D eigenvalue weighted by Gasteiger charge is 2.29. The Morgan fingerprint density at radius 3 is 2.18 bits per heavy atom. The van der Waals surface area contributed by atoms with Gasteiger partial charge in [0.05, 0.1) is 0 Å². The quantitative estimate of drug-likeness (QED) is 0.324. The predicted molar refractivity (Wildman–Crippen MR) is 106 cm³/mol. The van der Waals surface area contributed by atoms with Crippen LogP contribution in [0, 0.1) is 0 Å². The molecular formula is C21H33NO6. The molecule has 1 aromatic rings. The molecule has 1 rings (SSSR count). The summed E-state index contributed by atoms with van der Waals surface area (Å²) in [5.41, 5.74) is 0.307. The van der Waals surface area contributed by atoms with Crippen molar-refractivity contribution in [3.05, 3.63) is 35.9 Å². The molecule has 0 unspecified atom stereocenters. The van der Waals surface area contributed by atoms with Gasteiger partial charge in [0.15, 0.2) is 6.29 Å². The minimum Gasteiger partial charge on any atom is -0.429 e. The van der Waals surface area contributed by atoms with Gasteiger partial charge in [-0.15, -0.1) is 0 Å². The number of ether oxygens (including phenoxy) is 4. The molecule has 0 radical (unpaired) electrons. The van der Waals surface area contributed by atoms with Crippen molar-refractivity contribution >= 4 is 12.2 Å². The fourth-order valence-electron chi connectivity index (χ4n) is 2.58.